The van der Waals surface area contributed by atoms with E-state index in [1.54, 1.807) is 0 Å². The molecule has 59 heavy (non-hydrogen) atoms. The fraction of sp³-hybridized carbons (Fsp3) is 0.0385. The van der Waals surface area contributed by atoms with Crippen molar-refractivity contribution in [2.45, 2.75) is 13.1 Å². The number of para-hydroxylation sites is 4. The molecule has 4 heterocycles. The normalized spacial score (nSPS) is 13.2. The molecule has 1 atom stereocenters. The zero-order valence-electron chi connectivity index (χ0n) is 32.1. The third kappa shape index (κ3) is 5.07. The molecule has 0 saturated heterocycles. The number of benzene rings is 8. The highest BCUT2D eigenvalue weighted by Gasteiger charge is 2.35. The van der Waals surface area contributed by atoms with Crippen LogP contribution >= 0.6 is 0 Å². The SMILES string of the molecule is C/C(=N\C(NC(=N)n1c2ccccc2c2ccccc21)c1ccc2oc3ccccc3c2c1)c1cccc2c1oc1cccc(B3c4ccccc4-c4ccccc43)c12. The second-order valence-electron chi connectivity index (χ2n) is 15.4. The predicted octanol–water partition coefficient (Wildman–Crippen LogP) is 10.7. The Bertz CT molecular complexity index is 3450. The van der Waals surface area contributed by atoms with Gasteiger partial charge >= 0.3 is 0 Å². The Kier molecular flexibility index (Phi) is 7.35. The molecule has 0 aliphatic carbocycles. The van der Waals surface area contributed by atoms with Crippen LogP contribution < -0.4 is 21.7 Å². The number of nitrogens with one attached hydrogen (secondary N) is 2. The molecule has 0 spiro atoms. The van der Waals surface area contributed by atoms with E-state index in [1.165, 1.54) is 27.5 Å². The topological polar surface area (TPSA) is 79.5 Å². The lowest BCUT2D eigenvalue weighted by Crippen LogP contribution is -2.49. The average Bonchev–Trinajstić information content (AvgIpc) is 4.03. The van der Waals surface area contributed by atoms with Crippen molar-refractivity contribution in [2.24, 2.45) is 4.99 Å². The first-order valence-electron chi connectivity index (χ1n) is 20.0. The summed E-state index contributed by atoms with van der Waals surface area (Å²) in [5.74, 6) is 0.227. The summed E-state index contributed by atoms with van der Waals surface area (Å²) in [6, 6.07) is 61.1. The Morgan fingerprint density at radius 2 is 1.14 bits per heavy atom. The summed E-state index contributed by atoms with van der Waals surface area (Å²) in [4.78, 5) is 5.44. The monoisotopic (exact) mass is 758 g/mol. The maximum atomic E-state index is 9.66. The molecule has 0 fully saturated rings. The molecule has 0 bridgehead atoms. The minimum atomic E-state index is -0.623. The summed E-state index contributed by atoms with van der Waals surface area (Å²) in [6.07, 6.45) is -0.623. The molecule has 0 radical (unpaired) electrons. The Morgan fingerprint density at radius 3 is 1.88 bits per heavy atom. The summed E-state index contributed by atoms with van der Waals surface area (Å²) < 4.78 is 15.0. The molecule has 8 aromatic carbocycles. The number of aromatic nitrogens is 1. The molecule has 11 aromatic rings. The van der Waals surface area contributed by atoms with Gasteiger partial charge in [0.2, 0.25) is 12.7 Å². The summed E-state index contributed by atoms with van der Waals surface area (Å²) in [5, 5.41) is 19.6. The second-order valence-corrected chi connectivity index (χ2v) is 15.4. The van der Waals surface area contributed by atoms with E-state index in [0.717, 1.165) is 82.5 Å². The van der Waals surface area contributed by atoms with E-state index in [4.69, 9.17) is 13.8 Å². The van der Waals surface area contributed by atoms with Crippen LogP contribution in [0.4, 0.5) is 0 Å². The largest absolute Gasteiger partial charge is 0.456 e. The molecule has 1 unspecified atom stereocenters. The predicted molar refractivity (Wildman–Crippen MR) is 245 cm³/mol. The summed E-state index contributed by atoms with van der Waals surface area (Å²) in [7, 11) is 0. The Morgan fingerprint density at radius 1 is 0.559 bits per heavy atom. The highest BCUT2D eigenvalue weighted by Crippen LogP contribution is 2.35. The first kappa shape index (κ1) is 33.5. The molecule has 1 aliphatic heterocycles. The van der Waals surface area contributed by atoms with Gasteiger partial charge in [-0.3, -0.25) is 15.0 Å². The average molecular weight is 759 g/mol. The van der Waals surface area contributed by atoms with Crippen molar-refractivity contribution in [3.05, 3.63) is 187 Å². The number of aliphatic imine (C=N–C) groups is 1. The summed E-state index contributed by atoms with van der Waals surface area (Å²) in [6.45, 7) is 2.12. The lowest BCUT2D eigenvalue weighted by atomic mass is 9.38. The Labute approximate surface area is 339 Å². The van der Waals surface area contributed by atoms with Crippen molar-refractivity contribution in [3.63, 3.8) is 0 Å². The van der Waals surface area contributed by atoms with Crippen LogP contribution in [-0.2, 0) is 0 Å². The summed E-state index contributed by atoms with van der Waals surface area (Å²) >= 11 is 0. The molecule has 2 N–H and O–H groups in total. The molecule has 12 rings (SSSR count). The van der Waals surface area contributed by atoms with Crippen LogP contribution in [0.3, 0.4) is 0 Å². The van der Waals surface area contributed by atoms with Gasteiger partial charge in [-0.2, -0.15) is 0 Å². The van der Waals surface area contributed by atoms with Crippen molar-refractivity contribution < 1.29 is 8.83 Å². The molecular weight excluding hydrogens is 723 g/mol. The first-order chi connectivity index (χ1) is 29.1. The van der Waals surface area contributed by atoms with Crippen LogP contribution in [0.1, 0.15) is 24.2 Å². The van der Waals surface area contributed by atoms with Gasteiger partial charge in [0, 0.05) is 43.6 Å². The highest BCUT2D eigenvalue weighted by molar-refractivity contribution is 7.00. The number of furan rings is 2. The van der Waals surface area contributed by atoms with E-state index >= 15 is 0 Å². The first-order valence-corrected chi connectivity index (χ1v) is 20.0. The zero-order chi connectivity index (χ0) is 39.2. The Hall–Kier alpha value is -7.64. The number of hydrogen-bond acceptors (Lipinski definition) is 4. The molecule has 7 heteroatoms. The molecule has 1 aliphatic rings. The standard InChI is InChI=1S/C52H35BN4O2/c1-31(33-19-12-20-39-49-43(23-13-27-48(49)59-50(33)39)53-41-21-7-2-14-34(41)35-15-3-8-22-42(35)53)55-51(32-28-29-47-40(30-32)38-18-6-11-26-46(38)58-47)56-52(54)57-44-24-9-4-16-36(44)37-17-5-10-25-45(37)57/h2-30,51H,1H3,(H2,54,56)/b55-31+. The van der Waals surface area contributed by atoms with Gasteiger partial charge in [-0.05, 0) is 66.1 Å². The molecule has 278 valence electrons. The van der Waals surface area contributed by atoms with Gasteiger partial charge in [0.05, 0.1) is 11.0 Å². The molecule has 0 amide bonds. The van der Waals surface area contributed by atoms with Gasteiger partial charge in [0.15, 0.2) is 0 Å². The number of hydrogen-bond donors (Lipinski definition) is 2. The van der Waals surface area contributed by atoms with Gasteiger partial charge in [-0.15, -0.1) is 0 Å². The van der Waals surface area contributed by atoms with Crippen LogP contribution in [0.2, 0.25) is 0 Å². The quantitative estimate of drug-likeness (QED) is 0.104. The van der Waals surface area contributed by atoms with Gasteiger partial charge in [-0.1, -0.05) is 150 Å². The number of nitrogens with zero attached hydrogens (tertiary/aromatic N) is 2. The van der Waals surface area contributed by atoms with Gasteiger partial charge < -0.3 is 14.2 Å². The third-order valence-corrected chi connectivity index (χ3v) is 12.2. The zero-order valence-corrected chi connectivity index (χ0v) is 32.1. The Balaban J connectivity index is 1.01. The second kappa shape index (κ2) is 12.9. The lowest BCUT2D eigenvalue weighted by Gasteiger charge is -2.20. The van der Waals surface area contributed by atoms with Crippen LogP contribution in [0.25, 0.3) is 76.8 Å². The van der Waals surface area contributed by atoms with E-state index in [-0.39, 0.29) is 12.7 Å². The number of rotatable bonds is 5. The minimum Gasteiger partial charge on any atom is -0.456 e. The van der Waals surface area contributed by atoms with Gasteiger partial charge in [0.25, 0.3) is 0 Å². The van der Waals surface area contributed by atoms with Crippen molar-refractivity contribution in [1.82, 2.24) is 9.88 Å². The van der Waals surface area contributed by atoms with Gasteiger partial charge in [-0.25, -0.2) is 0 Å². The van der Waals surface area contributed by atoms with E-state index < -0.39 is 6.17 Å². The maximum Gasteiger partial charge on any atom is 0.243 e. The number of fused-ring (bicyclic) bond motifs is 12. The van der Waals surface area contributed by atoms with Crippen LogP contribution in [0.15, 0.2) is 190 Å². The smallest absolute Gasteiger partial charge is 0.243 e. The van der Waals surface area contributed by atoms with E-state index in [0.29, 0.717) is 0 Å². The van der Waals surface area contributed by atoms with Gasteiger partial charge in [0.1, 0.15) is 28.5 Å². The van der Waals surface area contributed by atoms with Crippen LogP contribution in [-0.4, -0.2) is 23.0 Å². The summed E-state index contributed by atoms with van der Waals surface area (Å²) in [5.41, 5.74) is 14.2. The molecular formula is C52H35BN4O2. The van der Waals surface area contributed by atoms with Crippen molar-refractivity contribution >= 4 is 100 Å². The van der Waals surface area contributed by atoms with Crippen molar-refractivity contribution in [1.29, 1.82) is 5.41 Å². The fourth-order valence-electron chi connectivity index (χ4n) is 9.62. The highest BCUT2D eigenvalue weighted by atomic mass is 16.3. The van der Waals surface area contributed by atoms with Crippen LogP contribution in [0.5, 0.6) is 0 Å². The van der Waals surface area contributed by atoms with E-state index in [1.807, 2.05) is 66.1 Å². The molecule has 6 nitrogen and oxygen atoms in total. The maximum absolute atomic E-state index is 9.66. The molecule has 3 aromatic heterocycles. The van der Waals surface area contributed by atoms with Crippen LogP contribution in [0, 0.1) is 5.41 Å². The van der Waals surface area contributed by atoms with E-state index in [2.05, 4.69) is 127 Å². The lowest BCUT2D eigenvalue weighted by molar-refractivity contribution is 0.660. The van der Waals surface area contributed by atoms with Crippen molar-refractivity contribution in [2.75, 3.05) is 0 Å². The minimum absolute atomic E-state index is 0.0830. The van der Waals surface area contributed by atoms with E-state index in [9.17, 15) is 5.41 Å². The molecule has 0 saturated carbocycles. The third-order valence-electron chi connectivity index (χ3n) is 12.2. The van der Waals surface area contributed by atoms with Crippen molar-refractivity contribution in [3.8, 4) is 11.1 Å². The fourth-order valence-corrected chi connectivity index (χ4v) is 9.62.